The number of nitrogens with zero attached hydrogens (tertiary/aromatic N) is 3. The van der Waals surface area contributed by atoms with E-state index >= 15 is 0 Å². The molecule has 4 aromatic rings. The number of methoxy groups -OCH3 is 1. The maximum Gasteiger partial charge on any atom is 0.339 e. The standard InChI is InChI=1S/C23H24N4O4/c1-14-16-7-9-18(30-3)15(2)22(16)31-23(29)17(14)8-10-21(28)24-12-11-20-26-25-19-6-4-5-13-27(19)20/h4-7,9,13H,8,10-12H2,1-3H3,(H,24,28). The van der Waals surface area contributed by atoms with Crippen LogP contribution in [0.1, 0.15) is 28.9 Å². The van der Waals surface area contributed by atoms with E-state index in [0.29, 0.717) is 36.3 Å². The Kier molecular flexibility index (Phi) is 5.70. The van der Waals surface area contributed by atoms with Gasteiger partial charge in [-0.2, -0.15) is 0 Å². The fourth-order valence-corrected chi connectivity index (χ4v) is 3.78. The number of hydrogen-bond acceptors (Lipinski definition) is 6. The monoisotopic (exact) mass is 420 g/mol. The Morgan fingerprint density at radius 3 is 2.77 bits per heavy atom. The third-order valence-electron chi connectivity index (χ3n) is 5.53. The normalized spacial score (nSPS) is 11.2. The van der Waals surface area contributed by atoms with E-state index in [2.05, 4.69) is 15.5 Å². The van der Waals surface area contributed by atoms with Gasteiger partial charge in [0.1, 0.15) is 17.2 Å². The van der Waals surface area contributed by atoms with Crippen LogP contribution in [-0.2, 0) is 17.6 Å². The van der Waals surface area contributed by atoms with Gasteiger partial charge in [-0.25, -0.2) is 4.79 Å². The van der Waals surface area contributed by atoms with Crippen LogP contribution in [0, 0.1) is 13.8 Å². The van der Waals surface area contributed by atoms with Crippen molar-refractivity contribution in [1.29, 1.82) is 0 Å². The van der Waals surface area contributed by atoms with Gasteiger partial charge in [-0.05, 0) is 50.1 Å². The van der Waals surface area contributed by atoms with Gasteiger partial charge in [0.2, 0.25) is 5.91 Å². The topological polar surface area (TPSA) is 98.7 Å². The van der Waals surface area contributed by atoms with Crippen molar-refractivity contribution in [3.8, 4) is 5.75 Å². The molecule has 3 aromatic heterocycles. The zero-order valence-corrected chi connectivity index (χ0v) is 17.8. The van der Waals surface area contributed by atoms with Gasteiger partial charge < -0.3 is 14.5 Å². The van der Waals surface area contributed by atoms with E-state index < -0.39 is 5.63 Å². The molecule has 4 rings (SSSR count). The molecule has 1 N–H and O–H groups in total. The molecule has 0 spiro atoms. The van der Waals surface area contributed by atoms with Crippen LogP contribution in [0.2, 0.25) is 0 Å². The van der Waals surface area contributed by atoms with Crippen LogP contribution in [0.3, 0.4) is 0 Å². The molecule has 0 aliphatic rings. The number of nitrogens with one attached hydrogen (secondary N) is 1. The molecule has 31 heavy (non-hydrogen) atoms. The van der Waals surface area contributed by atoms with Crippen molar-refractivity contribution in [1.82, 2.24) is 19.9 Å². The van der Waals surface area contributed by atoms with E-state index in [4.69, 9.17) is 9.15 Å². The lowest BCUT2D eigenvalue weighted by atomic mass is 10.0. The van der Waals surface area contributed by atoms with Crippen LogP contribution >= 0.6 is 0 Å². The predicted octanol–water partition coefficient (Wildman–Crippen LogP) is 2.75. The molecule has 8 heteroatoms. The molecule has 0 saturated heterocycles. The lowest BCUT2D eigenvalue weighted by Gasteiger charge is -2.11. The molecule has 0 bridgehead atoms. The molecule has 0 aliphatic carbocycles. The molecule has 8 nitrogen and oxygen atoms in total. The number of aromatic nitrogens is 3. The third kappa shape index (κ3) is 4.01. The van der Waals surface area contributed by atoms with E-state index in [9.17, 15) is 9.59 Å². The Bertz CT molecular complexity index is 1320. The molecule has 3 heterocycles. The number of carbonyl (C=O) groups is 1. The van der Waals surface area contributed by atoms with Gasteiger partial charge in [-0.15, -0.1) is 10.2 Å². The molecular weight excluding hydrogens is 396 g/mol. The van der Waals surface area contributed by atoms with Crippen LogP contribution in [0.25, 0.3) is 16.6 Å². The molecule has 1 aromatic carbocycles. The summed E-state index contributed by atoms with van der Waals surface area (Å²) in [5.74, 6) is 1.33. The number of benzene rings is 1. The van der Waals surface area contributed by atoms with Crippen molar-refractivity contribution in [3.63, 3.8) is 0 Å². The predicted molar refractivity (Wildman–Crippen MR) is 117 cm³/mol. The number of ether oxygens (including phenoxy) is 1. The van der Waals surface area contributed by atoms with Crippen molar-refractivity contribution in [2.45, 2.75) is 33.1 Å². The van der Waals surface area contributed by atoms with E-state index in [1.165, 1.54) is 0 Å². The lowest BCUT2D eigenvalue weighted by Crippen LogP contribution is -2.27. The number of fused-ring (bicyclic) bond motifs is 2. The van der Waals surface area contributed by atoms with Gasteiger partial charge in [0, 0.05) is 42.1 Å². The largest absolute Gasteiger partial charge is 0.496 e. The minimum atomic E-state index is -0.413. The summed E-state index contributed by atoms with van der Waals surface area (Å²) in [6.45, 7) is 4.18. The van der Waals surface area contributed by atoms with Crippen LogP contribution in [0.5, 0.6) is 5.75 Å². The first-order valence-corrected chi connectivity index (χ1v) is 10.1. The SMILES string of the molecule is COc1ccc2c(C)c(CCC(=O)NCCc3nnc4ccccn34)c(=O)oc2c1C. The third-order valence-corrected chi connectivity index (χ3v) is 5.53. The molecule has 0 aliphatic heterocycles. The Labute approximate surface area is 178 Å². The maximum absolute atomic E-state index is 12.6. The van der Waals surface area contributed by atoms with Crippen molar-refractivity contribution in [2.24, 2.45) is 0 Å². The average Bonchev–Trinajstić information content (AvgIpc) is 3.17. The van der Waals surface area contributed by atoms with Crippen molar-refractivity contribution < 1.29 is 13.9 Å². The molecule has 0 fully saturated rings. The van der Waals surface area contributed by atoms with Crippen LogP contribution in [0.4, 0.5) is 0 Å². The minimum Gasteiger partial charge on any atom is -0.496 e. The first-order valence-electron chi connectivity index (χ1n) is 10.1. The summed E-state index contributed by atoms with van der Waals surface area (Å²) in [5.41, 5.74) is 3.02. The fraction of sp³-hybridized carbons (Fsp3) is 0.304. The zero-order chi connectivity index (χ0) is 22.0. The van der Waals surface area contributed by atoms with Gasteiger partial charge in [-0.3, -0.25) is 9.20 Å². The molecular formula is C23H24N4O4. The lowest BCUT2D eigenvalue weighted by molar-refractivity contribution is -0.121. The highest BCUT2D eigenvalue weighted by Crippen LogP contribution is 2.29. The molecule has 0 saturated carbocycles. The second-order valence-electron chi connectivity index (χ2n) is 7.41. The molecule has 0 unspecified atom stereocenters. The van der Waals surface area contributed by atoms with Crippen LogP contribution in [0.15, 0.2) is 45.7 Å². The Hall–Kier alpha value is -3.68. The van der Waals surface area contributed by atoms with Crippen molar-refractivity contribution in [2.75, 3.05) is 13.7 Å². The summed E-state index contributed by atoms with van der Waals surface area (Å²) in [5, 5.41) is 12.0. The Morgan fingerprint density at radius 2 is 1.97 bits per heavy atom. The van der Waals surface area contributed by atoms with Crippen molar-refractivity contribution >= 4 is 22.5 Å². The number of pyridine rings is 1. The minimum absolute atomic E-state index is 0.126. The number of rotatable bonds is 7. The Morgan fingerprint density at radius 1 is 1.13 bits per heavy atom. The van der Waals surface area contributed by atoms with Gasteiger partial charge in [0.05, 0.1) is 7.11 Å². The first-order chi connectivity index (χ1) is 15.0. The fourth-order valence-electron chi connectivity index (χ4n) is 3.78. The van der Waals surface area contributed by atoms with Gasteiger partial charge >= 0.3 is 5.63 Å². The zero-order valence-electron chi connectivity index (χ0n) is 17.8. The van der Waals surface area contributed by atoms with Crippen molar-refractivity contribution in [3.05, 3.63) is 69.5 Å². The second kappa shape index (κ2) is 8.59. The summed E-state index contributed by atoms with van der Waals surface area (Å²) in [4.78, 5) is 24.9. The maximum atomic E-state index is 12.6. The highest BCUT2D eigenvalue weighted by molar-refractivity contribution is 5.85. The van der Waals surface area contributed by atoms with E-state index in [1.54, 1.807) is 7.11 Å². The molecule has 1 amide bonds. The summed E-state index contributed by atoms with van der Waals surface area (Å²) in [7, 11) is 1.58. The van der Waals surface area contributed by atoms with Crippen LogP contribution < -0.4 is 15.7 Å². The highest BCUT2D eigenvalue weighted by atomic mass is 16.5. The van der Waals surface area contributed by atoms with E-state index in [-0.39, 0.29) is 12.3 Å². The molecule has 0 radical (unpaired) electrons. The first kappa shape index (κ1) is 20.6. The second-order valence-corrected chi connectivity index (χ2v) is 7.41. The number of hydrogen-bond donors (Lipinski definition) is 1. The summed E-state index contributed by atoms with van der Waals surface area (Å²) >= 11 is 0. The van der Waals surface area contributed by atoms with E-state index in [1.807, 2.05) is 54.8 Å². The smallest absolute Gasteiger partial charge is 0.339 e. The Balaban J connectivity index is 1.40. The average molecular weight is 420 g/mol. The van der Waals surface area contributed by atoms with Gasteiger partial charge in [0.15, 0.2) is 5.65 Å². The van der Waals surface area contributed by atoms with Gasteiger partial charge in [-0.1, -0.05) is 6.07 Å². The summed E-state index contributed by atoms with van der Waals surface area (Å²) in [6.07, 6.45) is 2.97. The summed E-state index contributed by atoms with van der Waals surface area (Å²) < 4.78 is 12.8. The number of carbonyl (C=O) groups excluding carboxylic acids is 1. The van der Waals surface area contributed by atoms with E-state index in [0.717, 1.165) is 28.0 Å². The molecule has 160 valence electrons. The quantitative estimate of drug-likeness (QED) is 0.462. The van der Waals surface area contributed by atoms with Gasteiger partial charge in [0.25, 0.3) is 0 Å². The molecule has 0 atom stereocenters. The number of amides is 1. The highest BCUT2D eigenvalue weighted by Gasteiger charge is 2.16. The summed E-state index contributed by atoms with van der Waals surface area (Å²) in [6, 6.07) is 9.43. The van der Waals surface area contributed by atoms with Crippen LogP contribution in [-0.4, -0.2) is 34.2 Å². The number of aryl methyl sites for hydroxylation is 2.